The van der Waals surface area contributed by atoms with Gasteiger partial charge in [-0.05, 0) is 61.0 Å². The molecule has 0 unspecified atom stereocenters. The minimum Gasteiger partial charge on any atom is -0.486 e. The summed E-state index contributed by atoms with van der Waals surface area (Å²) >= 11 is 1.39. The van der Waals surface area contributed by atoms with Gasteiger partial charge in [-0.3, -0.25) is 19.6 Å². The predicted octanol–water partition coefficient (Wildman–Crippen LogP) is 3.67. The highest BCUT2D eigenvalue weighted by Gasteiger charge is 2.29. The molecule has 2 aromatic carbocycles. The highest BCUT2D eigenvalue weighted by molar-refractivity contribution is 7.20. The van der Waals surface area contributed by atoms with Crippen LogP contribution in [0.2, 0.25) is 0 Å². The standard InChI is InChI=1S/C34H34N8O4S/c43-30(42-14-12-41(13-15-42)25-5-2-22(3-6-25)32-35-9-1-10-36-32)21-40-11-8-24(20-40)37-33(44)29-19-26-31(38-39-34(26)47-29)23-4-7-27-28(18-23)46-17-16-45-27/h1-7,9-10,18-19,24H,8,11-17,20-21H2,(H,37,44)(H,38,39)/t24-/m0/s1. The lowest BCUT2D eigenvalue weighted by Crippen LogP contribution is -2.51. The van der Waals surface area contributed by atoms with Gasteiger partial charge >= 0.3 is 0 Å². The van der Waals surface area contributed by atoms with E-state index in [1.165, 1.54) is 11.3 Å². The Kier molecular flexibility index (Phi) is 7.91. The Morgan fingerprint density at radius 3 is 2.49 bits per heavy atom. The van der Waals surface area contributed by atoms with Crippen molar-refractivity contribution in [2.75, 3.05) is 63.9 Å². The molecule has 2 amide bonds. The van der Waals surface area contributed by atoms with E-state index in [1.54, 1.807) is 12.4 Å². The zero-order chi connectivity index (χ0) is 31.7. The predicted molar refractivity (Wildman–Crippen MR) is 179 cm³/mol. The van der Waals surface area contributed by atoms with Crippen molar-refractivity contribution in [1.82, 2.24) is 35.3 Å². The van der Waals surface area contributed by atoms with Gasteiger partial charge < -0.3 is 24.6 Å². The Bertz CT molecular complexity index is 1900. The lowest BCUT2D eigenvalue weighted by atomic mass is 10.1. The third-order valence-corrected chi connectivity index (χ3v) is 9.99. The van der Waals surface area contributed by atoms with Gasteiger partial charge in [0.05, 0.1) is 11.4 Å². The van der Waals surface area contributed by atoms with Crippen LogP contribution < -0.4 is 19.7 Å². The number of aromatic nitrogens is 4. The molecule has 8 rings (SSSR count). The summed E-state index contributed by atoms with van der Waals surface area (Å²) in [4.78, 5) is 43.0. The second-order valence-corrected chi connectivity index (χ2v) is 13.0. The van der Waals surface area contributed by atoms with Crippen molar-refractivity contribution in [2.45, 2.75) is 12.5 Å². The first-order chi connectivity index (χ1) is 23.1. The molecule has 0 spiro atoms. The molecule has 5 aromatic rings. The van der Waals surface area contributed by atoms with Gasteiger partial charge in [0.1, 0.15) is 23.7 Å². The van der Waals surface area contributed by atoms with E-state index in [-0.39, 0.29) is 17.9 Å². The molecule has 3 aromatic heterocycles. The van der Waals surface area contributed by atoms with E-state index in [1.807, 2.05) is 47.4 Å². The molecule has 47 heavy (non-hydrogen) atoms. The van der Waals surface area contributed by atoms with E-state index in [0.29, 0.717) is 55.8 Å². The van der Waals surface area contributed by atoms with Gasteiger partial charge in [0.15, 0.2) is 17.3 Å². The van der Waals surface area contributed by atoms with Gasteiger partial charge in [-0.2, -0.15) is 5.10 Å². The summed E-state index contributed by atoms with van der Waals surface area (Å²) in [5.41, 5.74) is 3.79. The van der Waals surface area contributed by atoms with Gasteiger partial charge in [0.2, 0.25) is 5.91 Å². The second kappa shape index (κ2) is 12.6. The number of thiophene rings is 1. The van der Waals surface area contributed by atoms with E-state index < -0.39 is 0 Å². The fourth-order valence-corrected chi connectivity index (χ4v) is 7.37. The number of hydrogen-bond acceptors (Lipinski definition) is 10. The van der Waals surface area contributed by atoms with Crippen LogP contribution in [0.3, 0.4) is 0 Å². The number of fused-ring (bicyclic) bond motifs is 2. The lowest BCUT2D eigenvalue weighted by molar-refractivity contribution is -0.132. The second-order valence-electron chi connectivity index (χ2n) is 12.0. The first-order valence-electron chi connectivity index (χ1n) is 15.9. The van der Waals surface area contributed by atoms with Crippen LogP contribution in [0.4, 0.5) is 5.69 Å². The number of amides is 2. The minimum atomic E-state index is -0.105. The third-order valence-electron chi connectivity index (χ3n) is 8.95. The van der Waals surface area contributed by atoms with Crippen LogP contribution in [0.1, 0.15) is 16.1 Å². The van der Waals surface area contributed by atoms with Gasteiger partial charge in [-0.25, -0.2) is 9.97 Å². The third kappa shape index (κ3) is 6.11. The van der Waals surface area contributed by atoms with Crippen molar-refractivity contribution in [3.63, 3.8) is 0 Å². The van der Waals surface area contributed by atoms with Crippen LogP contribution in [-0.4, -0.2) is 107 Å². The SMILES string of the molecule is O=C(N[C@H]1CCN(CC(=O)N2CCN(c3ccc(-c4ncccn4)cc3)CC2)C1)c1cc2c(-c3ccc4c(c3)OCCO4)n[nH]c2s1. The number of rotatable bonds is 7. The van der Waals surface area contributed by atoms with E-state index in [9.17, 15) is 9.59 Å². The molecule has 2 fully saturated rings. The summed E-state index contributed by atoms with van der Waals surface area (Å²) in [6.45, 7) is 5.79. The average molecular weight is 651 g/mol. The highest BCUT2D eigenvalue weighted by Crippen LogP contribution is 2.38. The van der Waals surface area contributed by atoms with Crippen molar-refractivity contribution in [3.05, 3.63) is 71.9 Å². The van der Waals surface area contributed by atoms with Gasteiger partial charge in [0.25, 0.3) is 5.91 Å². The molecular formula is C34H34N8O4S. The molecule has 0 saturated carbocycles. The number of ether oxygens (including phenoxy) is 2. The first kappa shape index (κ1) is 29.4. The molecule has 3 aliphatic heterocycles. The number of likely N-dealkylation sites (tertiary alicyclic amines) is 1. The zero-order valence-corrected chi connectivity index (χ0v) is 26.5. The maximum absolute atomic E-state index is 13.2. The number of carbonyl (C=O) groups is 2. The molecule has 13 heteroatoms. The number of hydrogen-bond donors (Lipinski definition) is 2. The molecule has 240 valence electrons. The monoisotopic (exact) mass is 650 g/mol. The molecule has 0 bridgehead atoms. The van der Waals surface area contributed by atoms with Crippen molar-refractivity contribution < 1.29 is 19.1 Å². The number of nitrogens with one attached hydrogen (secondary N) is 2. The highest BCUT2D eigenvalue weighted by atomic mass is 32.1. The molecule has 1 atom stereocenters. The van der Waals surface area contributed by atoms with Crippen molar-refractivity contribution in [1.29, 1.82) is 0 Å². The quantitative estimate of drug-likeness (QED) is 0.271. The van der Waals surface area contributed by atoms with Crippen LogP contribution in [0, 0.1) is 0 Å². The van der Waals surface area contributed by atoms with E-state index >= 15 is 0 Å². The Morgan fingerprint density at radius 2 is 1.68 bits per heavy atom. The molecule has 0 radical (unpaired) electrons. The number of carbonyl (C=O) groups excluding carboxylic acids is 2. The van der Waals surface area contributed by atoms with Crippen molar-refractivity contribution >= 4 is 39.1 Å². The number of H-pyrrole nitrogens is 1. The number of nitrogens with zero attached hydrogens (tertiary/aromatic N) is 6. The maximum atomic E-state index is 13.2. The average Bonchev–Trinajstić information content (AvgIpc) is 3.85. The lowest BCUT2D eigenvalue weighted by Gasteiger charge is -2.36. The Hall–Kier alpha value is -5.01. The summed E-state index contributed by atoms with van der Waals surface area (Å²) in [6.07, 6.45) is 4.30. The number of aromatic amines is 1. The van der Waals surface area contributed by atoms with Gasteiger partial charge in [-0.1, -0.05) is 0 Å². The van der Waals surface area contributed by atoms with Crippen LogP contribution in [-0.2, 0) is 4.79 Å². The van der Waals surface area contributed by atoms with E-state index in [2.05, 4.69) is 47.4 Å². The minimum absolute atomic E-state index is 0.00719. The van der Waals surface area contributed by atoms with Crippen LogP contribution >= 0.6 is 11.3 Å². The van der Waals surface area contributed by atoms with E-state index in [0.717, 1.165) is 64.5 Å². The smallest absolute Gasteiger partial charge is 0.261 e. The van der Waals surface area contributed by atoms with Crippen LogP contribution in [0.5, 0.6) is 11.5 Å². The normalized spacial score (nSPS) is 18.1. The number of piperazine rings is 1. The topological polar surface area (TPSA) is 129 Å². The summed E-state index contributed by atoms with van der Waals surface area (Å²) < 4.78 is 11.4. The summed E-state index contributed by atoms with van der Waals surface area (Å²) in [5.74, 6) is 2.17. The van der Waals surface area contributed by atoms with Crippen molar-refractivity contribution in [3.8, 4) is 34.1 Å². The summed E-state index contributed by atoms with van der Waals surface area (Å²) in [6, 6.07) is 17.7. The molecule has 3 aliphatic rings. The molecule has 12 nitrogen and oxygen atoms in total. The maximum Gasteiger partial charge on any atom is 0.261 e. The molecule has 0 aliphatic carbocycles. The molecule has 2 saturated heterocycles. The molecule has 6 heterocycles. The van der Waals surface area contributed by atoms with Gasteiger partial charge in [0, 0.05) is 79.9 Å². The first-order valence-corrected chi connectivity index (χ1v) is 16.7. The Balaban J connectivity index is 0.822. The summed E-state index contributed by atoms with van der Waals surface area (Å²) in [7, 11) is 0. The fourth-order valence-electron chi connectivity index (χ4n) is 6.46. The van der Waals surface area contributed by atoms with E-state index in [4.69, 9.17) is 9.47 Å². The van der Waals surface area contributed by atoms with Crippen LogP contribution in [0.15, 0.2) is 67.0 Å². The van der Waals surface area contributed by atoms with Gasteiger partial charge in [-0.15, -0.1) is 11.3 Å². The zero-order valence-electron chi connectivity index (χ0n) is 25.7. The Labute approximate surface area is 275 Å². The fraction of sp³-hybridized carbons (Fsp3) is 0.324. The van der Waals surface area contributed by atoms with Crippen LogP contribution in [0.25, 0.3) is 32.9 Å². The molecular weight excluding hydrogens is 616 g/mol. The van der Waals surface area contributed by atoms with Crippen molar-refractivity contribution in [2.24, 2.45) is 0 Å². The Morgan fingerprint density at radius 1 is 0.915 bits per heavy atom. The number of benzene rings is 2. The largest absolute Gasteiger partial charge is 0.486 e. The molecule has 2 N–H and O–H groups in total. The summed E-state index contributed by atoms with van der Waals surface area (Å²) in [5, 5.41) is 11.7. The number of anilines is 1.